The second kappa shape index (κ2) is 4.51. The minimum Gasteiger partial charge on any atom is -0.496 e. The molecule has 0 spiro atoms. The van der Waals surface area contributed by atoms with E-state index in [1.165, 1.54) is 0 Å². The Balaban J connectivity index is 2.28. The normalized spacial score (nSPS) is 16.7. The van der Waals surface area contributed by atoms with Crippen molar-refractivity contribution in [3.8, 4) is 11.5 Å². The molecule has 0 atom stereocenters. The van der Waals surface area contributed by atoms with E-state index >= 15 is 0 Å². The summed E-state index contributed by atoms with van der Waals surface area (Å²) in [6.07, 6.45) is -0.317. The van der Waals surface area contributed by atoms with Gasteiger partial charge in [0.05, 0.1) is 33.5 Å². The van der Waals surface area contributed by atoms with Gasteiger partial charge < -0.3 is 18.9 Å². The molecule has 1 aromatic rings. The van der Waals surface area contributed by atoms with Gasteiger partial charge in [-0.15, -0.1) is 0 Å². The van der Waals surface area contributed by atoms with Crippen molar-refractivity contribution >= 4 is 0 Å². The molecule has 0 saturated carbocycles. The topological polar surface area (TPSA) is 36.9 Å². The molecule has 1 radical (unpaired) electrons. The Morgan fingerprint density at radius 2 is 1.67 bits per heavy atom. The zero-order chi connectivity index (χ0) is 10.7. The standard InChI is InChI=1S/C11H13O4/c1-12-9-5-8(6-10(7-9)13-2)11-14-3-4-15-11/h5-6,11H,3-4H2,1-2H3. The Hall–Kier alpha value is -1.26. The molecule has 1 heterocycles. The highest BCUT2D eigenvalue weighted by Crippen LogP contribution is 2.30. The van der Waals surface area contributed by atoms with Crippen LogP contribution in [0.25, 0.3) is 0 Å². The summed E-state index contributed by atoms with van der Waals surface area (Å²) in [6, 6.07) is 6.62. The number of hydrogen-bond donors (Lipinski definition) is 0. The van der Waals surface area contributed by atoms with E-state index in [-0.39, 0.29) is 6.29 Å². The fourth-order valence-corrected chi connectivity index (χ4v) is 1.44. The first-order valence-electron chi connectivity index (χ1n) is 4.72. The minimum absolute atomic E-state index is 0.317. The van der Waals surface area contributed by atoms with Crippen LogP contribution in [0.4, 0.5) is 0 Å². The van der Waals surface area contributed by atoms with E-state index in [0.717, 1.165) is 5.56 Å². The van der Waals surface area contributed by atoms with Gasteiger partial charge in [-0.05, 0) is 12.1 Å². The summed E-state index contributed by atoms with van der Waals surface area (Å²) in [5.41, 5.74) is 0.889. The molecule has 1 saturated heterocycles. The summed E-state index contributed by atoms with van der Waals surface area (Å²) in [5, 5.41) is 0. The lowest BCUT2D eigenvalue weighted by molar-refractivity contribution is -0.0443. The molecule has 0 N–H and O–H groups in total. The molecule has 4 nitrogen and oxygen atoms in total. The van der Waals surface area contributed by atoms with Crippen molar-refractivity contribution in [2.75, 3.05) is 27.4 Å². The minimum atomic E-state index is -0.317. The van der Waals surface area contributed by atoms with E-state index in [4.69, 9.17) is 18.9 Å². The van der Waals surface area contributed by atoms with Crippen molar-refractivity contribution in [3.05, 3.63) is 23.8 Å². The maximum Gasteiger partial charge on any atom is 0.184 e. The number of methoxy groups -OCH3 is 2. The number of hydrogen-bond acceptors (Lipinski definition) is 4. The van der Waals surface area contributed by atoms with Crippen molar-refractivity contribution in [1.29, 1.82) is 0 Å². The van der Waals surface area contributed by atoms with Crippen molar-refractivity contribution in [3.63, 3.8) is 0 Å². The Morgan fingerprint density at radius 1 is 1.13 bits per heavy atom. The SMILES string of the molecule is COc1[c]c(OC)cc(C2OCCO2)c1. The molecule has 81 valence electrons. The van der Waals surface area contributed by atoms with Gasteiger partial charge in [0.2, 0.25) is 0 Å². The van der Waals surface area contributed by atoms with E-state index in [0.29, 0.717) is 24.7 Å². The predicted octanol–water partition coefficient (Wildman–Crippen LogP) is 1.55. The molecule has 4 heteroatoms. The quantitative estimate of drug-likeness (QED) is 0.756. The highest BCUT2D eigenvalue weighted by molar-refractivity contribution is 5.37. The molecule has 0 aliphatic carbocycles. The highest BCUT2D eigenvalue weighted by Gasteiger charge is 2.19. The monoisotopic (exact) mass is 209 g/mol. The lowest BCUT2D eigenvalue weighted by Crippen LogP contribution is -1.99. The Bertz CT molecular complexity index is 309. The van der Waals surface area contributed by atoms with E-state index in [2.05, 4.69) is 6.07 Å². The number of benzene rings is 1. The summed E-state index contributed by atoms with van der Waals surface area (Å²) in [5.74, 6) is 1.23. The Labute approximate surface area is 88.7 Å². The molecule has 2 rings (SSSR count). The van der Waals surface area contributed by atoms with Gasteiger partial charge in [-0.2, -0.15) is 0 Å². The third-order valence-corrected chi connectivity index (χ3v) is 2.18. The van der Waals surface area contributed by atoms with Gasteiger partial charge in [0, 0.05) is 5.56 Å². The number of rotatable bonds is 3. The van der Waals surface area contributed by atoms with Crippen molar-refractivity contribution < 1.29 is 18.9 Å². The third kappa shape index (κ3) is 2.22. The molecule has 0 unspecified atom stereocenters. The van der Waals surface area contributed by atoms with Crippen molar-refractivity contribution in [2.24, 2.45) is 0 Å². The molecular formula is C11H13O4. The summed E-state index contributed by atoms with van der Waals surface area (Å²) in [6.45, 7) is 1.24. The van der Waals surface area contributed by atoms with E-state index in [1.54, 1.807) is 14.2 Å². The number of ether oxygens (including phenoxy) is 4. The summed E-state index contributed by atoms with van der Waals surface area (Å²) in [7, 11) is 3.18. The average molecular weight is 209 g/mol. The van der Waals surface area contributed by atoms with Crippen LogP contribution >= 0.6 is 0 Å². The lowest BCUT2D eigenvalue weighted by atomic mass is 10.2. The van der Waals surface area contributed by atoms with Gasteiger partial charge in [-0.1, -0.05) is 0 Å². The molecule has 15 heavy (non-hydrogen) atoms. The highest BCUT2D eigenvalue weighted by atomic mass is 16.7. The molecule has 1 aliphatic heterocycles. The summed E-state index contributed by atoms with van der Waals surface area (Å²) < 4.78 is 21.0. The molecule has 1 fully saturated rings. The zero-order valence-electron chi connectivity index (χ0n) is 8.78. The van der Waals surface area contributed by atoms with Gasteiger partial charge in [0.15, 0.2) is 6.29 Å². The average Bonchev–Trinajstić information content (AvgIpc) is 2.81. The van der Waals surface area contributed by atoms with Crippen LogP contribution in [0.1, 0.15) is 11.9 Å². The summed E-state index contributed by atoms with van der Waals surface area (Å²) in [4.78, 5) is 0. The van der Waals surface area contributed by atoms with Crippen LogP contribution in [0.5, 0.6) is 11.5 Å². The first-order chi connectivity index (χ1) is 7.33. The maximum atomic E-state index is 5.39. The van der Waals surface area contributed by atoms with Gasteiger partial charge in [-0.3, -0.25) is 0 Å². The molecule has 0 amide bonds. The van der Waals surface area contributed by atoms with Gasteiger partial charge in [0.1, 0.15) is 11.5 Å². The second-order valence-electron chi connectivity index (χ2n) is 3.12. The second-order valence-corrected chi connectivity index (χ2v) is 3.12. The predicted molar refractivity (Wildman–Crippen MR) is 53.0 cm³/mol. The van der Waals surface area contributed by atoms with E-state index in [9.17, 15) is 0 Å². The van der Waals surface area contributed by atoms with Crippen LogP contribution in [-0.2, 0) is 9.47 Å². The van der Waals surface area contributed by atoms with Gasteiger partial charge in [0.25, 0.3) is 0 Å². The van der Waals surface area contributed by atoms with E-state index < -0.39 is 0 Å². The van der Waals surface area contributed by atoms with Crippen LogP contribution in [0.3, 0.4) is 0 Å². The van der Waals surface area contributed by atoms with Crippen LogP contribution in [0, 0.1) is 6.07 Å². The molecule has 0 aromatic heterocycles. The van der Waals surface area contributed by atoms with Gasteiger partial charge in [-0.25, -0.2) is 0 Å². The van der Waals surface area contributed by atoms with E-state index in [1.807, 2.05) is 12.1 Å². The first-order valence-corrected chi connectivity index (χ1v) is 4.72. The zero-order valence-corrected chi connectivity index (χ0v) is 8.78. The molecule has 1 aliphatic rings. The lowest BCUT2D eigenvalue weighted by Gasteiger charge is -2.12. The third-order valence-electron chi connectivity index (χ3n) is 2.18. The first kappa shape index (κ1) is 10.3. The molecule has 1 aromatic carbocycles. The molecule has 0 bridgehead atoms. The van der Waals surface area contributed by atoms with Crippen LogP contribution < -0.4 is 9.47 Å². The van der Waals surface area contributed by atoms with Crippen LogP contribution in [0.15, 0.2) is 12.1 Å². The largest absolute Gasteiger partial charge is 0.496 e. The summed E-state index contributed by atoms with van der Waals surface area (Å²) >= 11 is 0. The van der Waals surface area contributed by atoms with Crippen molar-refractivity contribution in [2.45, 2.75) is 6.29 Å². The van der Waals surface area contributed by atoms with Crippen molar-refractivity contribution in [1.82, 2.24) is 0 Å². The fourth-order valence-electron chi connectivity index (χ4n) is 1.44. The van der Waals surface area contributed by atoms with Gasteiger partial charge >= 0.3 is 0 Å². The Kier molecular flexibility index (Phi) is 3.08. The fraction of sp³-hybridized carbons (Fsp3) is 0.455. The Morgan fingerprint density at radius 3 is 2.13 bits per heavy atom. The maximum absolute atomic E-state index is 5.39. The molecular weight excluding hydrogens is 196 g/mol. The van der Waals surface area contributed by atoms with Crippen LogP contribution in [-0.4, -0.2) is 27.4 Å². The van der Waals surface area contributed by atoms with Crippen LogP contribution in [0.2, 0.25) is 0 Å². The smallest absolute Gasteiger partial charge is 0.184 e.